The number of hydrazine groups is 1. The van der Waals surface area contributed by atoms with Crippen molar-refractivity contribution < 1.29 is 19.1 Å². The first-order valence-electron chi connectivity index (χ1n) is 9.68. The van der Waals surface area contributed by atoms with Crippen LogP contribution in [0, 0.1) is 13.8 Å². The molecule has 0 fully saturated rings. The predicted molar refractivity (Wildman–Crippen MR) is 120 cm³/mol. The van der Waals surface area contributed by atoms with Crippen LogP contribution in [0.4, 0.5) is 0 Å². The van der Waals surface area contributed by atoms with Crippen molar-refractivity contribution in [1.29, 1.82) is 0 Å². The molecule has 0 atom stereocenters. The number of hydrogen-bond donors (Lipinski definition) is 2. The van der Waals surface area contributed by atoms with E-state index in [9.17, 15) is 9.59 Å². The lowest BCUT2D eigenvalue weighted by atomic mass is 10.1. The van der Waals surface area contributed by atoms with Gasteiger partial charge in [-0.05, 0) is 60.4 Å². The number of rotatable bonds is 7. The van der Waals surface area contributed by atoms with Crippen molar-refractivity contribution in [3.8, 4) is 22.6 Å². The van der Waals surface area contributed by atoms with Crippen LogP contribution in [0.15, 0.2) is 66.7 Å². The second-order valence-electron chi connectivity index (χ2n) is 6.94. The summed E-state index contributed by atoms with van der Waals surface area (Å²) in [7, 11) is 0. The van der Waals surface area contributed by atoms with Crippen LogP contribution in [0.5, 0.6) is 11.5 Å². The molecule has 0 aliphatic carbocycles. The minimum atomic E-state index is -0.495. The van der Waals surface area contributed by atoms with Gasteiger partial charge in [0.2, 0.25) is 0 Å². The van der Waals surface area contributed by atoms with Gasteiger partial charge < -0.3 is 9.47 Å². The molecule has 6 nitrogen and oxygen atoms in total. The molecule has 31 heavy (non-hydrogen) atoms. The summed E-state index contributed by atoms with van der Waals surface area (Å²) in [6.45, 7) is 3.24. The minimum absolute atomic E-state index is 0.235. The highest BCUT2D eigenvalue weighted by Crippen LogP contribution is 2.25. The monoisotopic (exact) mass is 438 g/mol. The third kappa shape index (κ3) is 6.49. The van der Waals surface area contributed by atoms with E-state index < -0.39 is 11.8 Å². The molecule has 2 amide bonds. The summed E-state index contributed by atoms with van der Waals surface area (Å²) >= 11 is 6.11. The maximum absolute atomic E-state index is 11.9. The van der Waals surface area contributed by atoms with Gasteiger partial charge in [-0.25, -0.2) is 0 Å². The quantitative estimate of drug-likeness (QED) is 0.541. The van der Waals surface area contributed by atoms with Crippen LogP contribution >= 0.6 is 11.6 Å². The average molecular weight is 439 g/mol. The number of benzene rings is 3. The molecular weight excluding hydrogens is 416 g/mol. The third-order valence-electron chi connectivity index (χ3n) is 4.45. The lowest BCUT2D eigenvalue weighted by molar-refractivity contribution is -0.131. The van der Waals surface area contributed by atoms with Crippen LogP contribution in [-0.4, -0.2) is 25.0 Å². The number of amides is 2. The Morgan fingerprint density at radius 2 is 1.23 bits per heavy atom. The summed E-state index contributed by atoms with van der Waals surface area (Å²) < 4.78 is 10.9. The molecule has 0 unspecified atom stereocenters. The maximum atomic E-state index is 11.9. The first-order chi connectivity index (χ1) is 14.9. The number of hydrogen-bond acceptors (Lipinski definition) is 4. The molecule has 0 radical (unpaired) electrons. The second kappa shape index (κ2) is 10.5. The van der Waals surface area contributed by atoms with E-state index in [1.807, 2.05) is 56.3 Å². The molecule has 0 saturated heterocycles. The third-order valence-corrected chi connectivity index (χ3v) is 5.05. The molecule has 0 bridgehead atoms. The van der Waals surface area contributed by atoms with E-state index >= 15 is 0 Å². The summed E-state index contributed by atoms with van der Waals surface area (Å²) in [5.74, 6) is 0.102. The number of halogens is 1. The van der Waals surface area contributed by atoms with Gasteiger partial charge in [-0.2, -0.15) is 0 Å². The zero-order valence-electron chi connectivity index (χ0n) is 17.3. The highest BCUT2D eigenvalue weighted by Gasteiger charge is 2.09. The normalized spacial score (nSPS) is 10.3. The van der Waals surface area contributed by atoms with Gasteiger partial charge in [0, 0.05) is 5.02 Å². The van der Waals surface area contributed by atoms with Crippen LogP contribution in [-0.2, 0) is 9.59 Å². The summed E-state index contributed by atoms with van der Waals surface area (Å²) in [5, 5.41) is 0.666. The Morgan fingerprint density at radius 3 is 1.77 bits per heavy atom. The molecular formula is C24H23ClN2O4. The van der Waals surface area contributed by atoms with Crippen LogP contribution < -0.4 is 20.3 Å². The van der Waals surface area contributed by atoms with Gasteiger partial charge in [0.15, 0.2) is 13.2 Å². The number of carbonyl (C=O) groups is 2. The van der Waals surface area contributed by atoms with Gasteiger partial charge in [-0.15, -0.1) is 0 Å². The van der Waals surface area contributed by atoms with E-state index in [1.165, 1.54) is 0 Å². The van der Waals surface area contributed by atoms with Crippen LogP contribution in [0.3, 0.4) is 0 Å². The Morgan fingerprint density at radius 1 is 0.742 bits per heavy atom. The Labute approximate surface area is 186 Å². The molecule has 0 aliphatic rings. The average Bonchev–Trinajstić information content (AvgIpc) is 2.79. The van der Waals surface area contributed by atoms with Crippen molar-refractivity contribution in [3.63, 3.8) is 0 Å². The number of nitrogens with one attached hydrogen (secondary N) is 2. The van der Waals surface area contributed by atoms with Gasteiger partial charge in [0.25, 0.3) is 11.8 Å². The van der Waals surface area contributed by atoms with Gasteiger partial charge in [0.1, 0.15) is 11.5 Å². The number of aryl methyl sites for hydroxylation is 2. The molecule has 7 heteroatoms. The lowest BCUT2D eigenvalue weighted by Gasteiger charge is -2.11. The maximum Gasteiger partial charge on any atom is 0.276 e. The van der Waals surface area contributed by atoms with Gasteiger partial charge in [-0.3, -0.25) is 20.4 Å². The van der Waals surface area contributed by atoms with Crippen molar-refractivity contribution in [2.24, 2.45) is 0 Å². The fourth-order valence-corrected chi connectivity index (χ4v) is 2.98. The molecule has 3 aromatic rings. The van der Waals surface area contributed by atoms with E-state index in [2.05, 4.69) is 10.9 Å². The summed E-state index contributed by atoms with van der Waals surface area (Å²) in [5.41, 5.74) is 8.45. The van der Waals surface area contributed by atoms with Crippen molar-refractivity contribution in [2.75, 3.05) is 13.2 Å². The standard InChI is InChI=1S/C24H23ClN2O4/c1-16-12-21(13-17(2)24(16)25)31-15-23(29)27-26-22(28)14-30-20-10-8-19(9-11-20)18-6-4-3-5-7-18/h3-13H,14-15H2,1-2H3,(H,26,28)(H,27,29). The minimum Gasteiger partial charge on any atom is -0.484 e. The van der Waals surface area contributed by atoms with Gasteiger partial charge in [-0.1, -0.05) is 54.1 Å². The molecule has 160 valence electrons. The van der Waals surface area contributed by atoms with Gasteiger partial charge >= 0.3 is 0 Å². The lowest BCUT2D eigenvalue weighted by Crippen LogP contribution is -2.45. The second-order valence-corrected chi connectivity index (χ2v) is 7.31. The van der Waals surface area contributed by atoms with E-state index in [4.69, 9.17) is 21.1 Å². The molecule has 3 rings (SSSR count). The van der Waals surface area contributed by atoms with Crippen LogP contribution in [0.25, 0.3) is 11.1 Å². The summed E-state index contributed by atoms with van der Waals surface area (Å²) in [6.07, 6.45) is 0. The zero-order chi connectivity index (χ0) is 22.2. The fourth-order valence-electron chi connectivity index (χ4n) is 2.87. The number of ether oxygens (including phenoxy) is 2. The molecule has 0 aromatic heterocycles. The van der Waals surface area contributed by atoms with Crippen molar-refractivity contribution in [3.05, 3.63) is 82.9 Å². The van der Waals surface area contributed by atoms with E-state index in [1.54, 1.807) is 24.3 Å². The molecule has 2 N–H and O–H groups in total. The topological polar surface area (TPSA) is 76.7 Å². The zero-order valence-corrected chi connectivity index (χ0v) is 18.0. The van der Waals surface area contributed by atoms with Crippen molar-refractivity contribution in [1.82, 2.24) is 10.9 Å². The predicted octanol–water partition coefficient (Wildman–Crippen LogP) is 4.23. The van der Waals surface area contributed by atoms with E-state index in [-0.39, 0.29) is 13.2 Å². The first-order valence-corrected chi connectivity index (χ1v) is 10.1. The molecule has 0 heterocycles. The Kier molecular flexibility index (Phi) is 7.51. The number of carbonyl (C=O) groups excluding carboxylic acids is 2. The smallest absolute Gasteiger partial charge is 0.276 e. The fraction of sp³-hybridized carbons (Fsp3) is 0.167. The van der Waals surface area contributed by atoms with Crippen molar-refractivity contribution in [2.45, 2.75) is 13.8 Å². The van der Waals surface area contributed by atoms with E-state index in [0.717, 1.165) is 22.3 Å². The Bertz CT molecular complexity index is 1030. The summed E-state index contributed by atoms with van der Waals surface area (Å²) in [4.78, 5) is 23.8. The SMILES string of the molecule is Cc1cc(OCC(=O)NNC(=O)COc2ccc(-c3ccccc3)cc2)cc(C)c1Cl. The molecule has 0 saturated carbocycles. The molecule has 3 aromatic carbocycles. The van der Waals surface area contributed by atoms with E-state index in [0.29, 0.717) is 16.5 Å². The molecule has 0 aliphatic heterocycles. The van der Waals surface area contributed by atoms with Crippen LogP contribution in [0.2, 0.25) is 5.02 Å². The first kappa shape index (κ1) is 22.2. The highest BCUT2D eigenvalue weighted by molar-refractivity contribution is 6.32. The van der Waals surface area contributed by atoms with Crippen molar-refractivity contribution >= 4 is 23.4 Å². The largest absolute Gasteiger partial charge is 0.484 e. The van der Waals surface area contributed by atoms with Crippen LogP contribution in [0.1, 0.15) is 11.1 Å². The molecule has 0 spiro atoms. The van der Waals surface area contributed by atoms with Gasteiger partial charge in [0.05, 0.1) is 0 Å². The summed E-state index contributed by atoms with van der Waals surface area (Å²) in [6, 6.07) is 20.9. The Balaban J connectivity index is 1.39. The highest BCUT2D eigenvalue weighted by atomic mass is 35.5. The Hall–Kier alpha value is -3.51.